The first kappa shape index (κ1) is 15.9. The number of hydrogen-bond acceptors (Lipinski definition) is 3. The lowest BCUT2D eigenvalue weighted by Crippen LogP contribution is -2.03. The molecule has 0 aliphatic carbocycles. The standard InChI is InChI=1S/C14H14O2S.CH2O2/c1-11-7-9-13(10-8-11)17(15,16)14-6-4-3-5-12(14)2;2-1-3/h3-10H,1-2H3;1H,(H,2,3). The minimum absolute atomic E-state index is 0.250. The van der Waals surface area contributed by atoms with Crippen molar-refractivity contribution in [3.63, 3.8) is 0 Å². The summed E-state index contributed by atoms with van der Waals surface area (Å²) < 4.78 is 24.7. The summed E-state index contributed by atoms with van der Waals surface area (Å²) in [4.78, 5) is 9.08. The van der Waals surface area contributed by atoms with Crippen molar-refractivity contribution < 1.29 is 18.3 Å². The molecule has 106 valence electrons. The van der Waals surface area contributed by atoms with Crippen LogP contribution in [0, 0.1) is 13.8 Å². The largest absolute Gasteiger partial charge is 0.483 e. The summed E-state index contributed by atoms with van der Waals surface area (Å²) in [6, 6.07) is 14.0. The molecule has 0 aromatic heterocycles. The Morgan fingerprint density at radius 3 is 1.95 bits per heavy atom. The van der Waals surface area contributed by atoms with E-state index in [1.54, 1.807) is 37.3 Å². The topological polar surface area (TPSA) is 71.4 Å². The first-order valence-electron chi connectivity index (χ1n) is 5.88. The Morgan fingerprint density at radius 1 is 0.950 bits per heavy atom. The summed E-state index contributed by atoms with van der Waals surface area (Å²) >= 11 is 0. The molecule has 5 heteroatoms. The fraction of sp³-hybridized carbons (Fsp3) is 0.133. The van der Waals surface area contributed by atoms with E-state index >= 15 is 0 Å². The van der Waals surface area contributed by atoms with Crippen molar-refractivity contribution in [2.75, 3.05) is 0 Å². The molecule has 0 aliphatic rings. The Kier molecular flexibility index (Phi) is 5.46. The van der Waals surface area contributed by atoms with Gasteiger partial charge in [-0.1, -0.05) is 35.9 Å². The zero-order valence-electron chi connectivity index (χ0n) is 11.3. The van der Waals surface area contributed by atoms with E-state index in [4.69, 9.17) is 9.90 Å². The predicted octanol–water partition coefficient (Wildman–Crippen LogP) is 2.84. The SMILES string of the molecule is Cc1ccc(S(=O)(=O)c2ccccc2C)cc1.O=CO. The number of benzene rings is 2. The van der Waals surface area contributed by atoms with Gasteiger partial charge in [-0.15, -0.1) is 0 Å². The van der Waals surface area contributed by atoms with Crippen LogP contribution in [-0.4, -0.2) is 20.0 Å². The van der Waals surface area contributed by atoms with E-state index in [1.165, 1.54) is 0 Å². The normalized spacial score (nSPS) is 10.3. The van der Waals surface area contributed by atoms with Gasteiger partial charge in [-0.25, -0.2) is 8.42 Å². The van der Waals surface area contributed by atoms with Gasteiger partial charge in [-0.2, -0.15) is 0 Å². The molecule has 2 aromatic carbocycles. The lowest BCUT2D eigenvalue weighted by molar-refractivity contribution is -0.122. The average molecular weight is 292 g/mol. The van der Waals surface area contributed by atoms with Crippen LogP contribution in [0.5, 0.6) is 0 Å². The molecule has 2 rings (SSSR count). The molecule has 0 heterocycles. The molecule has 0 saturated carbocycles. The Balaban J connectivity index is 0.000000612. The maximum atomic E-state index is 12.4. The fourth-order valence-electron chi connectivity index (χ4n) is 1.70. The quantitative estimate of drug-likeness (QED) is 0.864. The lowest BCUT2D eigenvalue weighted by atomic mass is 10.2. The number of aryl methyl sites for hydroxylation is 2. The number of carbonyl (C=O) groups is 1. The number of carboxylic acid groups (broad SMARTS) is 1. The molecule has 0 radical (unpaired) electrons. The monoisotopic (exact) mass is 292 g/mol. The molecule has 0 unspecified atom stereocenters. The van der Waals surface area contributed by atoms with E-state index in [1.807, 2.05) is 25.1 Å². The van der Waals surface area contributed by atoms with Crippen molar-refractivity contribution in [1.82, 2.24) is 0 Å². The third kappa shape index (κ3) is 3.68. The fourth-order valence-corrected chi connectivity index (χ4v) is 3.20. The van der Waals surface area contributed by atoms with Gasteiger partial charge in [-0.05, 0) is 37.6 Å². The molecule has 1 N–H and O–H groups in total. The molecule has 20 heavy (non-hydrogen) atoms. The third-order valence-corrected chi connectivity index (χ3v) is 4.64. The zero-order valence-corrected chi connectivity index (χ0v) is 12.1. The molecule has 0 saturated heterocycles. The lowest BCUT2D eigenvalue weighted by Gasteiger charge is -2.07. The molecule has 4 nitrogen and oxygen atoms in total. The highest BCUT2D eigenvalue weighted by molar-refractivity contribution is 7.91. The van der Waals surface area contributed by atoms with Crippen LogP contribution in [0.25, 0.3) is 0 Å². The Bertz CT molecular complexity index is 673. The van der Waals surface area contributed by atoms with E-state index < -0.39 is 9.84 Å². The maximum absolute atomic E-state index is 12.4. The van der Waals surface area contributed by atoms with Gasteiger partial charge in [-0.3, -0.25) is 4.79 Å². The summed E-state index contributed by atoms with van der Waals surface area (Å²) in [6.45, 7) is 3.49. The molecule has 2 aromatic rings. The number of sulfone groups is 1. The van der Waals surface area contributed by atoms with Crippen LogP contribution >= 0.6 is 0 Å². The summed E-state index contributed by atoms with van der Waals surface area (Å²) in [5.74, 6) is 0. The van der Waals surface area contributed by atoms with Crippen LogP contribution in [0.2, 0.25) is 0 Å². The van der Waals surface area contributed by atoms with Crippen LogP contribution in [0.4, 0.5) is 0 Å². The van der Waals surface area contributed by atoms with E-state index in [-0.39, 0.29) is 6.47 Å². The summed E-state index contributed by atoms with van der Waals surface area (Å²) in [6.07, 6.45) is 0. The Morgan fingerprint density at radius 2 is 1.45 bits per heavy atom. The second-order valence-corrected chi connectivity index (χ2v) is 6.11. The summed E-state index contributed by atoms with van der Waals surface area (Å²) in [5, 5.41) is 6.89. The Labute approximate surface area is 118 Å². The number of rotatable bonds is 2. The maximum Gasteiger partial charge on any atom is 0.290 e. The van der Waals surface area contributed by atoms with Gasteiger partial charge in [0.25, 0.3) is 6.47 Å². The first-order chi connectivity index (χ1) is 9.43. The van der Waals surface area contributed by atoms with Gasteiger partial charge >= 0.3 is 0 Å². The predicted molar refractivity (Wildman–Crippen MR) is 76.5 cm³/mol. The number of hydrogen-bond donors (Lipinski definition) is 1. The minimum Gasteiger partial charge on any atom is -0.483 e. The highest BCUT2D eigenvalue weighted by atomic mass is 32.2. The van der Waals surface area contributed by atoms with Crippen molar-refractivity contribution >= 4 is 16.3 Å². The first-order valence-corrected chi connectivity index (χ1v) is 7.37. The zero-order chi connectivity index (χ0) is 15.2. The second-order valence-electron chi connectivity index (χ2n) is 4.19. The average Bonchev–Trinajstić information content (AvgIpc) is 2.40. The van der Waals surface area contributed by atoms with Crippen LogP contribution in [0.1, 0.15) is 11.1 Å². The van der Waals surface area contributed by atoms with E-state index in [9.17, 15) is 8.42 Å². The molecule has 0 amide bonds. The molecule has 0 fully saturated rings. The molecular weight excluding hydrogens is 276 g/mol. The third-order valence-electron chi connectivity index (χ3n) is 2.71. The van der Waals surface area contributed by atoms with E-state index in [0.717, 1.165) is 11.1 Å². The van der Waals surface area contributed by atoms with Crippen LogP contribution in [0.15, 0.2) is 58.3 Å². The molecular formula is C15H16O4S. The smallest absolute Gasteiger partial charge is 0.290 e. The van der Waals surface area contributed by atoms with Crippen molar-refractivity contribution in [1.29, 1.82) is 0 Å². The molecule has 0 spiro atoms. The van der Waals surface area contributed by atoms with Gasteiger partial charge in [0.2, 0.25) is 9.84 Å². The molecule has 0 aliphatic heterocycles. The van der Waals surface area contributed by atoms with Crippen LogP contribution < -0.4 is 0 Å². The molecule has 0 bridgehead atoms. The minimum atomic E-state index is -3.39. The summed E-state index contributed by atoms with van der Waals surface area (Å²) in [5.41, 5.74) is 1.82. The second kappa shape index (κ2) is 6.86. The van der Waals surface area contributed by atoms with Crippen molar-refractivity contribution in [3.05, 3.63) is 59.7 Å². The van der Waals surface area contributed by atoms with Crippen molar-refractivity contribution in [2.45, 2.75) is 23.6 Å². The van der Waals surface area contributed by atoms with Crippen LogP contribution in [-0.2, 0) is 14.6 Å². The van der Waals surface area contributed by atoms with Gasteiger partial charge in [0.1, 0.15) is 0 Å². The van der Waals surface area contributed by atoms with E-state index in [0.29, 0.717) is 9.79 Å². The van der Waals surface area contributed by atoms with E-state index in [2.05, 4.69) is 0 Å². The summed E-state index contributed by atoms with van der Waals surface area (Å²) in [7, 11) is -3.39. The Hall–Kier alpha value is -2.14. The molecule has 0 atom stereocenters. The van der Waals surface area contributed by atoms with Crippen LogP contribution in [0.3, 0.4) is 0 Å². The van der Waals surface area contributed by atoms with Gasteiger partial charge in [0.15, 0.2) is 0 Å². The van der Waals surface area contributed by atoms with Crippen molar-refractivity contribution in [2.24, 2.45) is 0 Å². The van der Waals surface area contributed by atoms with Crippen molar-refractivity contribution in [3.8, 4) is 0 Å². The highest BCUT2D eigenvalue weighted by Crippen LogP contribution is 2.23. The van der Waals surface area contributed by atoms with Gasteiger partial charge in [0.05, 0.1) is 9.79 Å². The van der Waals surface area contributed by atoms with Gasteiger partial charge in [0, 0.05) is 0 Å². The highest BCUT2D eigenvalue weighted by Gasteiger charge is 2.18. The van der Waals surface area contributed by atoms with Gasteiger partial charge < -0.3 is 5.11 Å².